The van der Waals surface area contributed by atoms with Crippen LogP contribution in [0.1, 0.15) is 24.7 Å². The molecule has 1 saturated heterocycles. The molecule has 1 aromatic heterocycles. The summed E-state index contributed by atoms with van der Waals surface area (Å²) in [6, 6.07) is 8.46. The van der Waals surface area contributed by atoms with E-state index in [2.05, 4.69) is 16.0 Å². The van der Waals surface area contributed by atoms with Gasteiger partial charge in [0.05, 0.1) is 23.7 Å². The van der Waals surface area contributed by atoms with Crippen LogP contribution >= 0.6 is 0 Å². The van der Waals surface area contributed by atoms with Gasteiger partial charge in [-0.25, -0.2) is 4.98 Å². The first-order valence-corrected chi connectivity index (χ1v) is 6.19. The number of hydrogen-bond donors (Lipinski definition) is 2. The number of hydrogen-bond acceptors (Lipinski definition) is 3. The minimum atomic E-state index is 0.153. The number of aliphatic hydroxyl groups is 1. The maximum Gasteiger partial charge on any atom is 0.127 e. The van der Waals surface area contributed by atoms with Crippen molar-refractivity contribution in [1.29, 1.82) is 0 Å². The molecular weight excluding hydrogens is 214 g/mol. The average molecular weight is 231 g/mol. The monoisotopic (exact) mass is 231 g/mol. The molecule has 2 aromatic rings. The largest absolute Gasteiger partial charge is 0.395 e. The molecule has 0 aliphatic carbocycles. The van der Waals surface area contributed by atoms with Gasteiger partial charge in [-0.15, -0.1) is 0 Å². The first-order chi connectivity index (χ1) is 8.40. The standard InChI is InChI=1S/C13H17N3O/c17-9-8-16-12-6-2-1-4-10(12)15-13(16)11-5-3-7-14-11/h1-2,4,6,11,14,17H,3,5,7-9H2/t11-/m0/s1. The van der Waals surface area contributed by atoms with Crippen LogP contribution in [-0.2, 0) is 6.54 Å². The topological polar surface area (TPSA) is 50.1 Å². The Labute approximate surface area is 100 Å². The molecule has 3 rings (SSSR count). The van der Waals surface area contributed by atoms with Crippen molar-refractivity contribution in [2.24, 2.45) is 0 Å². The summed E-state index contributed by atoms with van der Waals surface area (Å²) in [5.41, 5.74) is 2.13. The molecule has 0 amide bonds. The van der Waals surface area contributed by atoms with Crippen molar-refractivity contribution in [2.75, 3.05) is 13.2 Å². The number of nitrogens with zero attached hydrogens (tertiary/aromatic N) is 2. The molecule has 0 saturated carbocycles. The predicted octanol–water partition coefficient (Wildman–Crippen LogP) is 1.45. The fourth-order valence-electron chi connectivity index (χ4n) is 2.60. The Morgan fingerprint density at radius 3 is 3.06 bits per heavy atom. The second-order valence-corrected chi connectivity index (χ2v) is 4.48. The molecule has 1 atom stereocenters. The van der Waals surface area contributed by atoms with E-state index >= 15 is 0 Å². The number of aromatic nitrogens is 2. The zero-order chi connectivity index (χ0) is 11.7. The highest BCUT2D eigenvalue weighted by molar-refractivity contribution is 5.76. The maximum atomic E-state index is 9.20. The van der Waals surface area contributed by atoms with Crippen LogP contribution in [0.4, 0.5) is 0 Å². The van der Waals surface area contributed by atoms with E-state index in [1.807, 2.05) is 18.2 Å². The lowest BCUT2D eigenvalue weighted by Crippen LogP contribution is -2.19. The smallest absolute Gasteiger partial charge is 0.127 e. The van der Waals surface area contributed by atoms with Crippen LogP contribution < -0.4 is 5.32 Å². The lowest BCUT2D eigenvalue weighted by Gasteiger charge is -2.12. The van der Waals surface area contributed by atoms with Crippen molar-refractivity contribution >= 4 is 11.0 Å². The highest BCUT2D eigenvalue weighted by atomic mass is 16.3. The molecule has 1 aliphatic heterocycles. The van der Waals surface area contributed by atoms with Gasteiger partial charge in [-0.2, -0.15) is 0 Å². The van der Waals surface area contributed by atoms with E-state index < -0.39 is 0 Å². The van der Waals surface area contributed by atoms with Gasteiger partial charge in [-0.3, -0.25) is 0 Å². The third-order valence-corrected chi connectivity index (χ3v) is 3.38. The summed E-state index contributed by atoms with van der Waals surface area (Å²) in [6.45, 7) is 1.83. The Bertz CT molecular complexity index is 514. The minimum Gasteiger partial charge on any atom is -0.395 e. The zero-order valence-corrected chi connectivity index (χ0v) is 9.76. The molecular formula is C13H17N3O. The number of aliphatic hydroxyl groups excluding tert-OH is 1. The van der Waals surface area contributed by atoms with Gasteiger partial charge in [0.1, 0.15) is 5.82 Å². The van der Waals surface area contributed by atoms with Crippen molar-refractivity contribution in [3.05, 3.63) is 30.1 Å². The van der Waals surface area contributed by atoms with Crippen LogP contribution in [0.2, 0.25) is 0 Å². The van der Waals surface area contributed by atoms with Crippen molar-refractivity contribution in [1.82, 2.24) is 14.9 Å². The fraction of sp³-hybridized carbons (Fsp3) is 0.462. The Morgan fingerprint density at radius 2 is 2.29 bits per heavy atom. The van der Waals surface area contributed by atoms with Gasteiger partial charge in [0.15, 0.2) is 0 Å². The lowest BCUT2D eigenvalue weighted by molar-refractivity contribution is 0.274. The van der Waals surface area contributed by atoms with Crippen LogP contribution in [0.15, 0.2) is 24.3 Å². The average Bonchev–Trinajstić information content (AvgIpc) is 2.97. The Hall–Kier alpha value is -1.39. The second kappa shape index (κ2) is 4.47. The summed E-state index contributed by atoms with van der Waals surface area (Å²) in [7, 11) is 0. The molecule has 0 bridgehead atoms. The van der Waals surface area contributed by atoms with E-state index in [-0.39, 0.29) is 6.61 Å². The van der Waals surface area contributed by atoms with Crippen LogP contribution in [-0.4, -0.2) is 27.8 Å². The number of benzene rings is 1. The van der Waals surface area contributed by atoms with Gasteiger partial charge < -0.3 is 15.0 Å². The minimum absolute atomic E-state index is 0.153. The van der Waals surface area contributed by atoms with Gasteiger partial charge in [0, 0.05) is 6.54 Å². The number of fused-ring (bicyclic) bond motifs is 1. The molecule has 0 unspecified atom stereocenters. The molecule has 17 heavy (non-hydrogen) atoms. The first kappa shape index (κ1) is 10.7. The van der Waals surface area contributed by atoms with Gasteiger partial charge in [-0.05, 0) is 31.5 Å². The second-order valence-electron chi connectivity index (χ2n) is 4.48. The Kier molecular flexibility index (Phi) is 2.82. The Morgan fingerprint density at radius 1 is 1.41 bits per heavy atom. The maximum absolute atomic E-state index is 9.20. The quantitative estimate of drug-likeness (QED) is 0.840. The fourth-order valence-corrected chi connectivity index (χ4v) is 2.60. The third kappa shape index (κ3) is 1.83. The normalized spacial score (nSPS) is 20.2. The van der Waals surface area contributed by atoms with Gasteiger partial charge in [0.2, 0.25) is 0 Å². The van der Waals surface area contributed by atoms with E-state index in [9.17, 15) is 5.11 Å². The van der Waals surface area contributed by atoms with Crippen molar-refractivity contribution in [2.45, 2.75) is 25.4 Å². The summed E-state index contributed by atoms with van der Waals surface area (Å²) in [4.78, 5) is 4.70. The van der Waals surface area contributed by atoms with Crippen molar-refractivity contribution in [3.8, 4) is 0 Å². The molecule has 2 heterocycles. The van der Waals surface area contributed by atoms with Crippen LogP contribution in [0, 0.1) is 0 Å². The number of para-hydroxylation sites is 2. The lowest BCUT2D eigenvalue weighted by atomic mass is 10.2. The molecule has 4 heteroatoms. The molecule has 1 aliphatic rings. The number of nitrogens with one attached hydrogen (secondary N) is 1. The summed E-state index contributed by atoms with van der Waals surface area (Å²) in [5.74, 6) is 1.07. The van der Waals surface area contributed by atoms with Crippen LogP contribution in [0.3, 0.4) is 0 Å². The molecule has 4 nitrogen and oxygen atoms in total. The molecule has 2 N–H and O–H groups in total. The summed E-state index contributed by atoms with van der Waals surface area (Å²) < 4.78 is 2.14. The summed E-state index contributed by atoms with van der Waals surface area (Å²) in [5, 5.41) is 12.7. The number of imidazole rings is 1. The molecule has 90 valence electrons. The molecule has 1 aromatic carbocycles. The number of rotatable bonds is 3. The predicted molar refractivity (Wildman–Crippen MR) is 66.8 cm³/mol. The highest BCUT2D eigenvalue weighted by Gasteiger charge is 2.22. The SMILES string of the molecule is OCCn1c([C@@H]2CCCN2)nc2ccccc21. The van der Waals surface area contributed by atoms with E-state index in [1.165, 1.54) is 6.42 Å². The van der Waals surface area contributed by atoms with E-state index in [1.54, 1.807) is 0 Å². The van der Waals surface area contributed by atoms with Gasteiger partial charge in [-0.1, -0.05) is 12.1 Å². The first-order valence-electron chi connectivity index (χ1n) is 6.19. The van der Waals surface area contributed by atoms with Gasteiger partial charge in [0.25, 0.3) is 0 Å². The third-order valence-electron chi connectivity index (χ3n) is 3.38. The van der Waals surface area contributed by atoms with Gasteiger partial charge >= 0.3 is 0 Å². The van der Waals surface area contributed by atoms with Crippen molar-refractivity contribution in [3.63, 3.8) is 0 Å². The molecule has 0 radical (unpaired) electrons. The Balaban J connectivity index is 2.11. The van der Waals surface area contributed by atoms with Crippen LogP contribution in [0.5, 0.6) is 0 Å². The summed E-state index contributed by atoms with van der Waals surface area (Å²) in [6.07, 6.45) is 2.34. The van der Waals surface area contributed by atoms with E-state index in [4.69, 9.17) is 4.98 Å². The molecule has 0 spiro atoms. The van der Waals surface area contributed by atoms with Crippen molar-refractivity contribution < 1.29 is 5.11 Å². The van der Waals surface area contributed by atoms with Crippen LogP contribution in [0.25, 0.3) is 11.0 Å². The molecule has 1 fully saturated rings. The highest BCUT2D eigenvalue weighted by Crippen LogP contribution is 2.26. The van der Waals surface area contributed by atoms with E-state index in [0.717, 1.165) is 29.8 Å². The van der Waals surface area contributed by atoms with E-state index in [0.29, 0.717) is 12.6 Å². The summed E-state index contributed by atoms with van der Waals surface area (Å²) >= 11 is 0. The zero-order valence-electron chi connectivity index (χ0n) is 9.76.